The van der Waals surface area contributed by atoms with Gasteiger partial charge in [0.2, 0.25) is 0 Å². The molecule has 0 aromatic carbocycles. The number of nitrogens with zero attached hydrogens (tertiary/aromatic N) is 1. The predicted octanol–water partition coefficient (Wildman–Crippen LogP) is 1.54. The molecule has 1 heterocycles. The second-order valence-corrected chi connectivity index (χ2v) is 8.07. The summed E-state index contributed by atoms with van der Waals surface area (Å²) in [6, 6.07) is 0. The van der Waals surface area contributed by atoms with Crippen molar-refractivity contribution in [2.75, 3.05) is 6.54 Å². The van der Waals surface area contributed by atoms with Crippen molar-refractivity contribution in [3.8, 4) is 0 Å². The lowest BCUT2D eigenvalue weighted by Crippen LogP contribution is -2.28. The van der Waals surface area contributed by atoms with Gasteiger partial charge in [0.15, 0.2) is 8.68 Å². The zero-order chi connectivity index (χ0) is 13.3. The fraction of sp³-hybridized carbons (Fsp3) is 0.700. The molecule has 0 bridgehead atoms. The van der Waals surface area contributed by atoms with E-state index < -0.39 is 10.0 Å². The second kappa shape index (κ2) is 5.42. The molecule has 5 nitrogen and oxygen atoms in total. The lowest BCUT2D eigenvalue weighted by molar-refractivity contribution is 0.178. The van der Waals surface area contributed by atoms with Crippen molar-refractivity contribution < 1.29 is 13.5 Å². The van der Waals surface area contributed by atoms with Gasteiger partial charge in [-0.15, -0.1) is 0 Å². The van der Waals surface area contributed by atoms with Crippen molar-refractivity contribution in [1.82, 2.24) is 9.71 Å². The third-order valence-corrected chi connectivity index (χ3v) is 6.34. The maximum absolute atomic E-state index is 12.0. The molecule has 2 rings (SSSR count). The molecule has 8 heteroatoms. The summed E-state index contributed by atoms with van der Waals surface area (Å²) in [7, 11) is -3.54. The van der Waals surface area contributed by atoms with Crippen LogP contribution in [0.15, 0.2) is 4.21 Å². The van der Waals surface area contributed by atoms with Crippen molar-refractivity contribution in [3.05, 3.63) is 10.2 Å². The van der Waals surface area contributed by atoms with Crippen LogP contribution in [0.5, 0.6) is 0 Å². The molecule has 1 saturated carbocycles. The molecule has 2 atom stereocenters. The number of aromatic nitrogens is 1. The monoisotopic (exact) mass is 310 g/mol. The second-order valence-electron chi connectivity index (χ2n) is 4.52. The van der Waals surface area contributed by atoms with Gasteiger partial charge in [-0.25, -0.2) is 18.1 Å². The van der Waals surface area contributed by atoms with Gasteiger partial charge in [-0.1, -0.05) is 22.9 Å². The highest BCUT2D eigenvalue weighted by molar-refractivity contribution is 7.91. The van der Waals surface area contributed by atoms with Crippen LogP contribution in [0.3, 0.4) is 0 Å². The van der Waals surface area contributed by atoms with E-state index in [0.717, 1.165) is 24.2 Å². The highest BCUT2D eigenvalue weighted by Gasteiger charge is 2.26. The van der Waals surface area contributed by atoms with Crippen LogP contribution in [-0.4, -0.2) is 31.2 Å². The Morgan fingerprint density at radius 2 is 2.28 bits per heavy atom. The Bertz CT molecular complexity index is 529. The molecule has 0 amide bonds. The highest BCUT2D eigenvalue weighted by Crippen LogP contribution is 2.28. The largest absolute Gasteiger partial charge is 0.393 e. The number of hydrogen-bond acceptors (Lipinski definition) is 5. The maximum atomic E-state index is 12.0. The number of hydrogen-bond donors (Lipinski definition) is 2. The fourth-order valence-electron chi connectivity index (χ4n) is 2.13. The van der Waals surface area contributed by atoms with Gasteiger partial charge in [-0.3, -0.25) is 0 Å². The zero-order valence-corrected chi connectivity index (χ0v) is 12.3. The van der Waals surface area contributed by atoms with E-state index in [0.29, 0.717) is 18.7 Å². The van der Waals surface area contributed by atoms with Crippen molar-refractivity contribution in [1.29, 1.82) is 0 Å². The molecular formula is C10H15ClN2O3S2. The summed E-state index contributed by atoms with van der Waals surface area (Å²) in [5.74, 6) is 0.207. The van der Waals surface area contributed by atoms with Crippen LogP contribution in [0.2, 0.25) is 4.47 Å². The first-order valence-corrected chi connectivity index (χ1v) is 8.37. The van der Waals surface area contributed by atoms with Crippen LogP contribution >= 0.6 is 22.9 Å². The Labute approximate surface area is 115 Å². The van der Waals surface area contributed by atoms with E-state index in [1.807, 2.05) is 0 Å². The predicted molar refractivity (Wildman–Crippen MR) is 70.4 cm³/mol. The van der Waals surface area contributed by atoms with Gasteiger partial charge in [0.05, 0.1) is 11.8 Å². The van der Waals surface area contributed by atoms with E-state index in [1.165, 1.54) is 0 Å². The molecule has 1 aliphatic rings. The number of aliphatic hydroxyl groups is 1. The summed E-state index contributed by atoms with van der Waals surface area (Å²) in [6.45, 7) is 1.98. The van der Waals surface area contributed by atoms with Gasteiger partial charge in [0.1, 0.15) is 0 Å². The quantitative estimate of drug-likeness (QED) is 0.884. The van der Waals surface area contributed by atoms with Crippen LogP contribution < -0.4 is 4.72 Å². The molecular weight excluding hydrogens is 296 g/mol. The average molecular weight is 311 g/mol. The lowest BCUT2D eigenvalue weighted by Gasteiger charge is -2.10. The number of aliphatic hydroxyl groups excluding tert-OH is 1. The fourth-order valence-corrected chi connectivity index (χ4v) is 5.02. The molecule has 2 unspecified atom stereocenters. The van der Waals surface area contributed by atoms with Crippen molar-refractivity contribution in [3.63, 3.8) is 0 Å². The Morgan fingerprint density at radius 3 is 2.78 bits per heavy atom. The van der Waals surface area contributed by atoms with E-state index in [1.54, 1.807) is 6.92 Å². The number of thiazole rings is 1. The minimum atomic E-state index is -3.54. The summed E-state index contributed by atoms with van der Waals surface area (Å²) in [5, 5.41) is 9.39. The first-order chi connectivity index (χ1) is 8.38. The average Bonchev–Trinajstić information content (AvgIpc) is 2.82. The topological polar surface area (TPSA) is 79.3 Å². The smallest absolute Gasteiger partial charge is 0.251 e. The molecule has 0 radical (unpaired) electrons. The third-order valence-electron chi connectivity index (χ3n) is 3.05. The molecule has 1 fully saturated rings. The highest BCUT2D eigenvalue weighted by atomic mass is 35.5. The van der Waals surface area contributed by atoms with E-state index in [4.69, 9.17) is 11.6 Å². The molecule has 18 heavy (non-hydrogen) atoms. The van der Waals surface area contributed by atoms with Gasteiger partial charge in [-0.2, -0.15) is 0 Å². The summed E-state index contributed by atoms with van der Waals surface area (Å²) in [4.78, 5) is 3.89. The number of nitrogens with one attached hydrogen (secondary N) is 1. The molecule has 0 saturated heterocycles. The van der Waals surface area contributed by atoms with Crippen molar-refractivity contribution in [2.24, 2.45) is 5.92 Å². The first kappa shape index (κ1) is 14.2. The third kappa shape index (κ3) is 3.21. The minimum absolute atomic E-state index is 0.172. The van der Waals surface area contributed by atoms with Gasteiger partial charge in [0.25, 0.3) is 10.0 Å². The van der Waals surface area contributed by atoms with Gasteiger partial charge < -0.3 is 5.11 Å². The molecule has 102 valence electrons. The lowest BCUT2D eigenvalue weighted by atomic mass is 10.1. The summed E-state index contributed by atoms with van der Waals surface area (Å²) < 4.78 is 27.0. The Morgan fingerprint density at radius 1 is 1.56 bits per heavy atom. The molecule has 0 aliphatic heterocycles. The summed E-state index contributed by atoms with van der Waals surface area (Å²) >= 11 is 6.66. The van der Waals surface area contributed by atoms with E-state index in [2.05, 4.69) is 9.71 Å². The SMILES string of the molecule is Cc1nc(Cl)sc1S(=O)(=O)NCC1CCC(O)C1. The van der Waals surface area contributed by atoms with E-state index in [-0.39, 0.29) is 20.7 Å². The van der Waals surface area contributed by atoms with Crippen LogP contribution in [-0.2, 0) is 10.0 Å². The van der Waals surface area contributed by atoms with Crippen LogP contribution in [0.1, 0.15) is 25.0 Å². The normalized spacial score (nSPS) is 24.6. The maximum Gasteiger partial charge on any atom is 0.251 e. The first-order valence-electron chi connectivity index (χ1n) is 5.69. The molecule has 0 spiro atoms. The minimum Gasteiger partial charge on any atom is -0.393 e. The Kier molecular flexibility index (Phi) is 4.28. The molecule has 1 aromatic rings. The van der Waals surface area contributed by atoms with E-state index >= 15 is 0 Å². The standard InChI is InChI=1S/C10H15ClN2O3S2/c1-6-9(17-10(11)13-6)18(15,16)12-5-7-2-3-8(14)4-7/h7-8,12,14H,2-5H2,1H3. The zero-order valence-electron chi connectivity index (χ0n) is 9.89. The number of halogens is 1. The van der Waals surface area contributed by atoms with Gasteiger partial charge >= 0.3 is 0 Å². The van der Waals surface area contributed by atoms with Gasteiger partial charge in [0, 0.05) is 6.54 Å². The summed E-state index contributed by atoms with van der Waals surface area (Å²) in [6.07, 6.45) is 1.97. The summed E-state index contributed by atoms with van der Waals surface area (Å²) in [5.41, 5.74) is 0.420. The van der Waals surface area contributed by atoms with Crippen LogP contribution in [0.25, 0.3) is 0 Å². The van der Waals surface area contributed by atoms with Crippen LogP contribution in [0.4, 0.5) is 0 Å². The molecule has 1 aromatic heterocycles. The van der Waals surface area contributed by atoms with Crippen molar-refractivity contribution in [2.45, 2.75) is 36.5 Å². The van der Waals surface area contributed by atoms with E-state index in [9.17, 15) is 13.5 Å². The number of rotatable bonds is 4. The number of aryl methyl sites for hydroxylation is 1. The molecule has 1 aliphatic carbocycles. The Balaban J connectivity index is 2.02. The van der Waals surface area contributed by atoms with Crippen LogP contribution in [0, 0.1) is 12.8 Å². The molecule has 2 N–H and O–H groups in total. The number of sulfonamides is 1. The van der Waals surface area contributed by atoms with Crippen molar-refractivity contribution >= 4 is 33.0 Å². The Hall–Kier alpha value is -0.210. The van der Waals surface area contributed by atoms with Gasteiger partial charge in [-0.05, 0) is 32.1 Å².